The summed E-state index contributed by atoms with van der Waals surface area (Å²) in [7, 11) is -4.14. The van der Waals surface area contributed by atoms with Gasteiger partial charge in [-0.3, -0.25) is 13.9 Å². The van der Waals surface area contributed by atoms with Crippen LogP contribution < -0.4 is 14.4 Å². The minimum absolute atomic E-state index is 0.0487. The van der Waals surface area contributed by atoms with Crippen LogP contribution in [0.4, 0.5) is 5.69 Å². The van der Waals surface area contributed by atoms with E-state index in [1.54, 1.807) is 36.4 Å². The first-order valence-electron chi connectivity index (χ1n) is 14.3. The topological polar surface area (TPSA) is 96.0 Å². The molecule has 0 saturated carbocycles. The van der Waals surface area contributed by atoms with E-state index < -0.39 is 28.5 Å². The van der Waals surface area contributed by atoms with Crippen LogP contribution in [0.25, 0.3) is 0 Å². The summed E-state index contributed by atoms with van der Waals surface area (Å²) >= 11 is 3.35. The summed E-state index contributed by atoms with van der Waals surface area (Å²) in [5.74, 6) is -0.110. The quantitative estimate of drug-likeness (QED) is 0.196. The van der Waals surface area contributed by atoms with Gasteiger partial charge in [0.05, 0.1) is 17.2 Å². The van der Waals surface area contributed by atoms with Gasteiger partial charge in [-0.05, 0) is 80.3 Å². The molecule has 3 aromatic carbocycles. The summed E-state index contributed by atoms with van der Waals surface area (Å²) in [5, 5.41) is 2.95. The Balaban J connectivity index is 1.99. The van der Waals surface area contributed by atoms with Crippen LogP contribution in [0.2, 0.25) is 0 Å². The summed E-state index contributed by atoms with van der Waals surface area (Å²) in [4.78, 5) is 28.9. The fraction of sp³-hybridized carbons (Fsp3) is 0.375. The average Bonchev–Trinajstić information content (AvgIpc) is 2.99. The molecule has 1 atom stereocenters. The number of benzene rings is 3. The molecule has 0 spiro atoms. The summed E-state index contributed by atoms with van der Waals surface area (Å²) < 4.78 is 35.3. The molecule has 0 heterocycles. The van der Waals surface area contributed by atoms with Gasteiger partial charge in [-0.25, -0.2) is 8.42 Å². The number of amides is 2. The lowest BCUT2D eigenvalue weighted by Crippen LogP contribution is -2.53. The van der Waals surface area contributed by atoms with E-state index in [1.807, 2.05) is 51.1 Å². The van der Waals surface area contributed by atoms with Gasteiger partial charge in [0, 0.05) is 17.6 Å². The molecular weight excluding hydrogens is 618 g/mol. The molecule has 0 bridgehead atoms. The molecule has 2 amide bonds. The first-order valence-corrected chi connectivity index (χ1v) is 16.6. The zero-order chi connectivity index (χ0) is 30.5. The number of ether oxygens (including phenoxy) is 1. The molecule has 8 nitrogen and oxygen atoms in total. The van der Waals surface area contributed by atoms with Crippen LogP contribution in [0.15, 0.2) is 88.2 Å². The van der Waals surface area contributed by atoms with E-state index >= 15 is 0 Å². The Kier molecular flexibility index (Phi) is 12.9. The van der Waals surface area contributed by atoms with Gasteiger partial charge in [0.25, 0.3) is 10.0 Å². The first-order chi connectivity index (χ1) is 20.2. The molecule has 1 N–H and O–H groups in total. The number of carbonyl (C=O) groups excluding carboxylic acids is 2. The standard InChI is InChI=1S/C32H40BrN3O5S/c1-4-7-22-34-32(38)30(5-2)35(23-21-25-11-9-8-10-12-25)31(37)24-36(27-15-17-28(18-16-27)41-6-3)42(39,40)29-19-13-26(33)14-20-29/h8-20,30H,4-7,21-24H2,1-3H3,(H,34,38). The summed E-state index contributed by atoms with van der Waals surface area (Å²) in [6.07, 6.45) is 2.67. The lowest BCUT2D eigenvalue weighted by Gasteiger charge is -2.33. The van der Waals surface area contributed by atoms with Crippen molar-refractivity contribution in [1.82, 2.24) is 10.2 Å². The van der Waals surface area contributed by atoms with Gasteiger partial charge in [0.15, 0.2) is 0 Å². The Bertz CT molecular complexity index is 1380. The number of sulfonamides is 1. The lowest BCUT2D eigenvalue weighted by atomic mass is 10.1. The number of unbranched alkanes of at least 4 members (excludes halogenated alkanes) is 1. The Morgan fingerprint density at radius 1 is 0.929 bits per heavy atom. The van der Waals surface area contributed by atoms with E-state index in [9.17, 15) is 18.0 Å². The predicted octanol–water partition coefficient (Wildman–Crippen LogP) is 5.81. The van der Waals surface area contributed by atoms with Crippen molar-refractivity contribution in [3.8, 4) is 5.75 Å². The van der Waals surface area contributed by atoms with Gasteiger partial charge in [-0.2, -0.15) is 0 Å². The van der Waals surface area contributed by atoms with Crippen LogP contribution >= 0.6 is 15.9 Å². The van der Waals surface area contributed by atoms with Crippen LogP contribution in [0, 0.1) is 0 Å². The van der Waals surface area contributed by atoms with Gasteiger partial charge in [-0.15, -0.1) is 0 Å². The zero-order valence-electron chi connectivity index (χ0n) is 24.5. The molecule has 0 fully saturated rings. The number of halogens is 1. The maximum Gasteiger partial charge on any atom is 0.264 e. The number of nitrogens with one attached hydrogen (secondary N) is 1. The third-order valence-corrected chi connectivity index (χ3v) is 9.13. The van der Waals surface area contributed by atoms with Crippen molar-refractivity contribution < 1.29 is 22.7 Å². The van der Waals surface area contributed by atoms with E-state index in [1.165, 1.54) is 17.0 Å². The lowest BCUT2D eigenvalue weighted by molar-refractivity contribution is -0.139. The Labute approximate surface area is 258 Å². The third-order valence-electron chi connectivity index (χ3n) is 6.82. The monoisotopic (exact) mass is 657 g/mol. The minimum Gasteiger partial charge on any atom is -0.494 e. The van der Waals surface area contributed by atoms with Crippen molar-refractivity contribution in [2.45, 2.75) is 57.4 Å². The van der Waals surface area contributed by atoms with Crippen LogP contribution in [0.3, 0.4) is 0 Å². The molecule has 0 radical (unpaired) electrons. The maximum absolute atomic E-state index is 14.1. The largest absolute Gasteiger partial charge is 0.494 e. The van der Waals surface area contributed by atoms with Crippen LogP contribution in [0.1, 0.15) is 45.6 Å². The maximum atomic E-state index is 14.1. The predicted molar refractivity (Wildman–Crippen MR) is 170 cm³/mol. The molecule has 3 aromatic rings. The van der Waals surface area contributed by atoms with Crippen molar-refractivity contribution in [3.63, 3.8) is 0 Å². The van der Waals surface area contributed by atoms with E-state index in [-0.39, 0.29) is 17.3 Å². The molecule has 3 rings (SSSR count). The fourth-order valence-corrected chi connectivity index (χ4v) is 6.22. The van der Waals surface area contributed by atoms with Crippen LogP contribution in [-0.4, -0.2) is 57.4 Å². The Morgan fingerprint density at radius 2 is 1.60 bits per heavy atom. The van der Waals surface area contributed by atoms with Crippen molar-refractivity contribution in [3.05, 3.63) is 88.9 Å². The van der Waals surface area contributed by atoms with Gasteiger partial charge >= 0.3 is 0 Å². The summed E-state index contributed by atoms with van der Waals surface area (Å²) in [5.41, 5.74) is 1.33. The van der Waals surface area contributed by atoms with Gasteiger partial charge in [0.2, 0.25) is 11.8 Å². The molecule has 42 heavy (non-hydrogen) atoms. The highest BCUT2D eigenvalue weighted by atomic mass is 79.9. The van der Waals surface area contributed by atoms with E-state index in [4.69, 9.17) is 4.74 Å². The van der Waals surface area contributed by atoms with Crippen molar-refractivity contribution in [2.75, 3.05) is 30.5 Å². The summed E-state index contributed by atoms with van der Waals surface area (Å²) in [6, 6.07) is 21.8. The molecule has 226 valence electrons. The SMILES string of the molecule is CCCCNC(=O)C(CC)N(CCc1ccccc1)C(=O)CN(c1ccc(OCC)cc1)S(=O)(=O)c1ccc(Br)cc1. The van der Waals surface area contributed by atoms with Gasteiger partial charge in [0.1, 0.15) is 18.3 Å². The third kappa shape index (κ3) is 9.06. The molecule has 0 saturated heterocycles. The Hall–Kier alpha value is -3.37. The van der Waals surface area contributed by atoms with E-state index in [0.717, 1.165) is 27.2 Å². The number of nitrogens with zero attached hydrogens (tertiary/aromatic N) is 2. The molecular formula is C32H40BrN3O5S. The van der Waals surface area contributed by atoms with Gasteiger partial charge in [-0.1, -0.05) is 66.5 Å². The molecule has 0 aliphatic carbocycles. The molecule has 0 aliphatic rings. The van der Waals surface area contributed by atoms with Crippen LogP contribution in [0.5, 0.6) is 5.75 Å². The van der Waals surface area contributed by atoms with E-state index in [0.29, 0.717) is 37.4 Å². The highest BCUT2D eigenvalue weighted by molar-refractivity contribution is 9.10. The second-order valence-corrected chi connectivity index (χ2v) is 12.6. The van der Waals surface area contributed by atoms with Gasteiger partial charge < -0.3 is 15.0 Å². The minimum atomic E-state index is -4.14. The average molecular weight is 659 g/mol. The Morgan fingerprint density at radius 3 is 2.19 bits per heavy atom. The highest BCUT2D eigenvalue weighted by Crippen LogP contribution is 2.27. The second kappa shape index (κ2) is 16.3. The fourth-order valence-electron chi connectivity index (χ4n) is 4.54. The van der Waals surface area contributed by atoms with E-state index in [2.05, 4.69) is 21.2 Å². The van der Waals surface area contributed by atoms with Crippen molar-refractivity contribution >= 4 is 43.5 Å². The van der Waals surface area contributed by atoms with Crippen molar-refractivity contribution in [2.24, 2.45) is 0 Å². The smallest absolute Gasteiger partial charge is 0.264 e. The number of rotatable bonds is 16. The molecule has 0 aromatic heterocycles. The molecule has 10 heteroatoms. The summed E-state index contributed by atoms with van der Waals surface area (Å²) in [6.45, 7) is 6.54. The second-order valence-electron chi connectivity index (χ2n) is 9.78. The number of anilines is 1. The number of hydrogen-bond acceptors (Lipinski definition) is 5. The number of hydrogen-bond donors (Lipinski definition) is 1. The zero-order valence-corrected chi connectivity index (χ0v) is 26.9. The molecule has 1 unspecified atom stereocenters. The normalized spacial score (nSPS) is 11.9. The highest BCUT2D eigenvalue weighted by Gasteiger charge is 2.33. The first kappa shape index (κ1) is 33.1. The van der Waals surface area contributed by atoms with Crippen LogP contribution in [-0.2, 0) is 26.0 Å². The number of carbonyl (C=O) groups is 2. The molecule has 0 aliphatic heterocycles. The van der Waals surface area contributed by atoms with Crippen molar-refractivity contribution in [1.29, 1.82) is 0 Å².